The molecule has 1 fully saturated rings. The molecule has 0 aliphatic heterocycles. The Bertz CT molecular complexity index is 451. The maximum absolute atomic E-state index is 13.2. The molecule has 0 spiro atoms. The Morgan fingerprint density at radius 2 is 1.81 bits per heavy atom. The first-order chi connectivity index (χ1) is 9.97. The third kappa shape index (κ3) is 3.77. The molecule has 2 nitrogen and oxygen atoms in total. The van der Waals surface area contributed by atoms with Crippen LogP contribution in [0.2, 0.25) is 0 Å². The summed E-state index contributed by atoms with van der Waals surface area (Å²) in [5.41, 5.74) is 2.33. The summed E-state index contributed by atoms with van der Waals surface area (Å²) >= 11 is 0. The van der Waals surface area contributed by atoms with Gasteiger partial charge in [-0.15, -0.1) is 0 Å². The molecule has 118 valence electrons. The van der Waals surface area contributed by atoms with E-state index < -0.39 is 17.8 Å². The largest absolute Gasteiger partial charge is 0.416 e. The molecule has 0 amide bonds. The van der Waals surface area contributed by atoms with Crippen molar-refractivity contribution in [3.63, 3.8) is 0 Å². The van der Waals surface area contributed by atoms with Gasteiger partial charge in [-0.1, -0.05) is 44.4 Å². The molecule has 2 rings (SSSR count). The molecule has 3 N–H and O–H groups in total. The summed E-state index contributed by atoms with van der Waals surface area (Å²) < 4.78 is 39.5. The van der Waals surface area contributed by atoms with Crippen LogP contribution in [-0.4, -0.2) is 0 Å². The van der Waals surface area contributed by atoms with Crippen molar-refractivity contribution in [3.05, 3.63) is 35.4 Å². The molecule has 0 saturated heterocycles. The molecule has 0 radical (unpaired) electrons. The normalized spacial score (nSPS) is 24.8. The number of hydrogen-bond acceptors (Lipinski definition) is 2. The van der Waals surface area contributed by atoms with Gasteiger partial charge < -0.3 is 0 Å². The molecule has 1 aromatic rings. The lowest BCUT2D eigenvalue weighted by molar-refractivity contribution is -0.138. The predicted molar refractivity (Wildman–Crippen MR) is 77.2 cm³/mol. The Morgan fingerprint density at radius 1 is 1.19 bits per heavy atom. The second-order valence-corrected chi connectivity index (χ2v) is 5.92. The van der Waals surface area contributed by atoms with Crippen LogP contribution in [0.15, 0.2) is 24.3 Å². The van der Waals surface area contributed by atoms with Crippen molar-refractivity contribution in [3.8, 4) is 0 Å². The topological polar surface area (TPSA) is 38.0 Å². The molecule has 5 heteroatoms. The van der Waals surface area contributed by atoms with Crippen LogP contribution in [0.5, 0.6) is 0 Å². The lowest BCUT2D eigenvalue weighted by atomic mass is 9.75. The zero-order valence-corrected chi connectivity index (χ0v) is 12.3. The molecule has 1 atom stereocenters. The number of alkyl halides is 3. The summed E-state index contributed by atoms with van der Waals surface area (Å²) in [5.74, 6) is 6.47. The third-order valence-corrected chi connectivity index (χ3v) is 4.72. The lowest BCUT2D eigenvalue weighted by Gasteiger charge is -2.34. The molecule has 1 saturated carbocycles. The quantitative estimate of drug-likeness (QED) is 0.638. The molecule has 1 aromatic carbocycles. The zero-order chi connectivity index (χ0) is 15.5. The van der Waals surface area contributed by atoms with E-state index in [-0.39, 0.29) is 11.5 Å². The summed E-state index contributed by atoms with van der Waals surface area (Å²) in [6.45, 7) is 2.17. The first-order valence-corrected chi connectivity index (χ1v) is 7.59. The van der Waals surface area contributed by atoms with Crippen molar-refractivity contribution >= 4 is 0 Å². The summed E-state index contributed by atoms with van der Waals surface area (Å²) in [4.78, 5) is 0. The Hall–Kier alpha value is -1.07. The van der Waals surface area contributed by atoms with Crippen molar-refractivity contribution in [1.29, 1.82) is 0 Å². The van der Waals surface area contributed by atoms with E-state index in [0.717, 1.165) is 38.2 Å². The highest BCUT2D eigenvalue weighted by molar-refractivity contribution is 5.32. The fraction of sp³-hybridized carbons (Fsp3) is 0.625. The molecule has 1 aliphatic rings. The second kappa shape index (κ2) is 6.79. The SMILES string of the molecule is CCC1CCC(C(NN)c2ccccc2C(F)(F)F)CC1. The van der Waals surface area contributed by atoms with Crippen molar-refractivity contribution in [2.24, 2.45) is 17.7 Å². The van der Waals surface area contributed by atoms with Gasteiger partial charge in [0.15, 0.2) is 0 Å². The monoisotopic (exact) mass is 300 g/mol. The highest BCUT2D eigenvalue weighted by atomic mass is 19.4. The van der Waals surface area contributed by atoms with Gasteiger partial charge in [0.2, 0.25) is 0 Å². The summed E-state index contributed by atoms with van der Waals surface area (Å²) in [5, 5.41) is 0. The van der Waals surface area contributed by atoms with E-state index in [1.54, 1.807) is 12.1 Å². The Balaban J connectivity index is 2.23. The standard InChI is InChI=1S/C16H23F3N2/c1-2-11-7-9-12(10-8-11)15(21-20)13-5-3-4-6-14(13)16(17,18)19/h3-6,11-12,15,21H,2,7-10,20H2,1H3. The van der Waals surface area contributed by atoms with E-state index in [4.69, 9.17) is 5.84 Å². The predicted octanol–water partition coefficient (Wildman–Crippen LogP) is 4.43. The number of hydrazine groups is 1. The van der Waals surface area contributed by atoms with Crippen molar-refractivity contribution in [1.82, 2.24) is 5.43 Å². The first kappa shape index (κ1) is 16.3. The van der Waals surface area contributed by atoms with E-state index in [1.165, 1.54) is 6.07 Å². The van der Waals surface area contributed by atoms with Gasteiger partial charge in [-0.3, -0.25) is 11.3 Å². The van der Waals surface area contributed by atoms with Crippen LogP contribution in [0.1, 0.15) is 56.2 Å². The number of rotatable bonds is 4. The van der Waals surface area contributed by atoms with Gasteiger partial charge in [0.1, 0.15) is 0 Å². The Kier molecular flexibility index (Phi) is 5.27. The smallest absolute Gasteiger partial charge is 0.271 e. The third-order valence-electron chi connectivity index (χ3n) is 4.72. The van der Waals surface area contributed by atoms with Crippen molar-refractivity contribution in [2.75, 3.05) is 0 Å². The van der Waals surface area contributed by atoms with Crippen LogP contribution < -0.4 is 11.3 Å². The van der Waals surface area contributed by atoms with Crippen LogP contribution in [0.4, 0.5) is 13.2 Å². The molecule has 0 heterocycles. The van der Waals surface area contributed by atoms with Crippen molar-refractivity contribution in [2.45, 2.75) is 51.2 Å². The average molecular weight is 300 g/mol. The first-order valence-electron chi connectivity index (χ1n) is 7.59. The molecule has 0 aromatic heterocycles. The van der Waals surface area contributed by atoms with Crippen LogP contribution in [-0.2, 0) is 6.18 Å². The van der Waals surface area contributed by atoms with Gasteiger partial charge in [0.25, 0.3) is 0 Å². The van der Waals surface area contributed by atoms with Gasteiger partial charge in [0, 0.05) is 6.04 Å². The number of hydrogen-bond donors (Lipinski definition) is 2. The van der Waals surface area contributed by atoms with E-state index in [2.05, 4.69) is 12.3 Å². The maximum atomic E-state index is 13.2. The second-order valence-electron chi connectivity index (χ2n) is 5.92. The van der Waals surface area contributed by atoms with Crippen LogP contribution in [0, 0.1) is 11.8 Å². The molecular formula is C16H23F3N2. The number of nitrogens with one attached hydrogen (secondary N) is 1. The van der Waals surface area contributed by atoms with Gasteiger partial charge in [-0.05, 0) is 36.3 Å². The Morgan fingerprint density at radius 3 is 2.33 bits per heavy atom. The minimum Gasteiger partial charge on any atom is -0.271 e. The van der Waals surface area contributed by atoms with Crippen LogP contribution in [0.25, 0.3) is 0 Å². The summed E-state index contributed by atoms with van der Waals surface area (Å²) in [6, 6.07) is 5.32. The molecule has 1 unspecified atom stereocenters. The van der Waals surface area contributed by atoms with E-state index in [1.807, 2.05) is 0 Å². The zero-order valence-electron chi connectivity index (χ0n) is 12.3. The number of halogens is 3. The maximum Gasteiger partial charge on any atom is 0.416 e. The molecule has 0 bridgehead atoms. The van der Waals surface area contributed by atoms with Crippen LogP contribution >= 0.6 is 0 Å². The fourth-order valence-corrected chi connectivity index (χ4v) is 3.44. The van der Waals surface area contributed by atoms with E-state index >= 15 is 0 Å². The number of nitrogens with two attached hydrogens (primary N) is 1. The summed E-state index contributed by atoms with van der Waals surface area (Å²) in [7, 11) is 0. The van der Waals surface area contributed by atoms with Crippen LogP contribution in [0.3, 0.4) is 0 Å². The highest BCUT2D eigenvalue weighted by Crippen LogP contribution is 2.41. The van der Waals surface area contributed by atoms with Gasteiger partial charge >= 0.3 is 6.18 Å². The van der Waals surface area contributed by atoms with Gasteiger partial charge in [-0.2, -0.15) is 13.2 Å². The van der Waals surface area contributed by atoms with Gasteiger partial charge in [-0.25, -0.2) is 0 Å². The van der Waals surface area contributed by atoms with E-state index in [9.17, 15) is 13.2 Å². The lowest BCUT2D eigenvalue weighted by Crippen LogP contribution is -2.36. The average Bonchev–Trinajstić information content (AvgIpc) is 2.48. The van der Waals surface area contributed by atoms with Gasteiger partial charge in [0.05, 0.1) is 5.56 Å². The molecule has 1 aliphatic carbocycles. The summed E-state index contributed by atoms with van der Waals surface area (Å²) in [6.07, 6.45) is 0.819. The minimum atomic E-state index is -4.34. The Labute approximate surface area is 123 Å². The minimum absolute atomic E-state index is 0.168. The molecule has 21 heavy (non-hydrogen) atoms. The number of benzene rings is 1. The van der Waals surface area contributed by atoms with Crippen molar-refractivity contribution < 1.29 is 13.2 Å². The molecular weight excluding hydrogens is 277 g/mol. The highest BCUT2D eigenvalue weighted by Gasteiger charge is 2.37. The van der Waals surface area contributed by atoms with E-state index in [0.29, 0.717) is 5.92 Å². The fourth-order valence-electron chi connectivity index (χ4n) is 3.44.